The second kappa shape index (κ2) is 9.89. The van der Waals surface area contributed by atoms with Crippen LogP contribution < -0.4 is 14.8 Å². The zero-order valence-corrected chi connectivity index (χ0v) is 15.8. The van der Waals surface area contributed by atoms with Gasteiger partial charge in [0, 0.05) is 5.02 Å². The third-order valence-corrected chi connectivity index (χ3v) is 3.91. The van der Waals surface area contributed by atoms with Gasteiger partial charge in [-0.1, -0.05) is 23.7 Å². The molecule has 0 saturated carbocycles. The monoisotopic (exact) mass is 413 g/mol. The van der Waals surface area contributed by atoms with Gasteiger partial charge in [0.1, 0.15) is 0 Å². The lowest BCUT2D eigenvalue weighted by Crippen LogP contribution is -2.31. The smallest absolute Gasteiger partial charge is 0.387 e. The van der Waals surface area contributed by atoms with E-state index in [0.717, 1.165) is 11.6 Å². The Bertz CT molecular complexity index is 847. The first-order valence-electron chi connectivity index (χ1n) is 8.15. The Balaban J connectivity index is 1.93. The maximum absolute atomic E-state index is 12.3. The minimum atomic E-state index is -3.03. The van der Waals surface area contributed by atoms with Crippen LogP contribution in [-0.2, 0) is 9.53 Å². The number of amides is 1. The minimum absolute atomic E-state index is 0.0224. The predicted molar refractivity (Wildman–Crippen MR) is 97.9 cm³/mol. The standard InChI is InChI=1S/C19H18ClF2NO5/c1-11(12-4-3-5-14(20)8-12)23-17(24)10-27-18(25)13-6-7-15(28-19(21)22)16(9-13)26-2/h3-9,11,19H,10H2,1-2H3,(H,23,24)/t11-/m0/s1. The van der Waals surface area contributed by atoms with Gasteiger partial charge in [-0.3, -0.25) is 4.79 Å². The normalized spacial score (nSPS) is 11.6. The first-order chi connectivity index (χ1) is 13.3. The van der Waals surface area contributed by atoms with E-state index in [1.54, 1.807) is 31.2 Å². The number of esters is 1. The molecule has 0 aliphatic heterocycles. The van der Waals surface area contributed by atoms with Gasteiger partial charge in [0.05, 0.1) is 18.7 Å². The topological polar surface area (TPSA) is 73.9 Å². The van der Waals surface area contributed by atoms with Gasteiger partial charge >= 0.3 is 12.6 Å². The molecule has 2 rings (SSSR count). The van der Waals surface area contributed by atoms with E-state index in [1.165, 1.54) is 19.2 Å². The van der Waals surface area contributed by atoms with E-state index >= 15 is 0 Å². The number of benzene rings is 2. The quantitative estimate of drug-likeness (QED) is 0.662. The highest BCUT2D eigenvalue weighted by Crippen LogP contribution is 2.29. The van der Waals surface area contributed by atoms with Gasteiger partial charge in [-0.25, -0.2) is 4.79 Å². The number of methoxy groups -OCH3 is 1. The van der Waals surface area contributed by atoms with Crippen molar-refractivity contribution in [2.75, 3.05) is 13.7 Å². The Labute approximate surface area is 165 Å². The fraction of sp³-hybridized carbons (Fsp3) is 0.263. The Morgan fingerprint density at radius 1 is 1.14 bits per heavy atom. The fourth-order valence-corrected chi connectivity index (χ4v) is 2.54. The number of rotatable bonds is 8. The summed E-state index contributed by atoms with van der Waals surface area (Å²) in [6, 6.07) is 10.2. The van der Waals surface area contributed by atoms with Crippen LogP contribution in [0.5, 0.6) is 11.5 Å². The number of hydrogen-bond acceptors (Lipinski definition) is 5. The van der Waals surface area contributed by atoms with Crippen molar-refractivity contribution in [2.24, 2.45) is 0 Å². The van der Waals surface area contributed by atoms with E-state index in [9.17, 15) is 18.4 Å². The number of halogens is 3. The lowest BCUT2D eigenvalue weighted by Gasteiger charge is -2.15. The number of carbonyl (C=O) groups excluding carboxylic acids is 2. The summed E-state index contributed by atoms with van der Waals surface area (Å²) in [4.78, 5) is 24.1. The second-order valence-corrected chi connectivity index (χ2v) is 6.10. The first kappa shape index (κ1) is 21.4. The third-order valence-electron chi connectivity index (χ3n) is 3.68. The molecule has 0 aromatic heterocycles. The first-order valence-corrected chi connectivity index (χ1v) is 8.52. The molecule has 2 aromatic rings. The fourth-order valence-electron chi connectivity index (χ4n) is 2.34. The van der Waals surface area contributed by atoms with Crippen molar-refractivity contribution >= 4 is 23.5 Å². The molecule has 0 saturated heterocycles. The lowest BCUT2D eigenvalue weighted by molar-refractivity contribution is -0.124. The third kappa shape index (κ3) is 6.09. The molecule has 0 heterocycles. The number of alkyl halides is 2. The molecular weight excluding hydrogens is 396 g/mol. The van der Waals surface area contributed by atoms with E-state index < -0.39 is 25.1 Å². The highest BCUT2D eigenvalue weighted by Gasteiger charge is 2.17. The van der Waals surface area contributed by atoms with Crippen LogP contribution in [0.4, 0.5) is 8.78 Å². The number of ether oxygens (including phenoxy) is 3. The van der Waals surface area contributed by atoms with Crippen LogP contribution in [0, 0.1) is 0 Å². The summed E-state index contributed by atoms with van der Waals surface area (Å²) < 4.78 is 38.8. The maximum atomic E-state index is 12.3. The van der Waals surface area contributed by atoms with Gasteiger partial charge in [-0.2, -0.15) is 8.78 Å². The summed E-state index contributed by atoms with van der Waals surface area (Å²) in [5, 5.41) is 3.22. The predicted octanol–water partition coefficient (Wildman–Crippen LogP) is 3.98. The number of carbonyl (C=O) groups is 2. The van der Waals surface area contributed by atoms with Crippen molar-refractivity contribution in [1.29, 1.82) is 0 Å². The van der Waals surface area contributed by atoms with Crippen LogP contribution in [0.3, 0.4) is 0 Å². The lowest BCUT2D eigenvalue weighted by atomic mass is 10.1. The van der Waals surface area contributed by atoms with Gasteiger partial charge in [-0.15, -0.1) is 0 Å². The molecule has 28 heavy (non-hydrogen) atoms. The van der Waals surface area contributed by atoms with E-state index in [4.69, 9.17) is 21.1 Å². The molecule has 0 aliphatic rings. The molecule has 0 radical (unpaired) electrons. The van der Waals surface area contributed by atoms with E-state index in [1.807, 2.05) is 0 Å². The van der Waals surface area contributed by atoms with Crippen LogP contribution in [0.25, 0.3) is 0 Å². The van der Waals surface area contributed by atoms with Gasteiger partial charge in [0.2, 0.25) is 0 Å². The summed E-state index contributed by atoms with van der Waals surface area (Å²) in [7, 11) is 1.24. The molecule has 1 atom stereocenters. The van der Waals surface area contributed by atoms with Crippen molar-refractivity contribution in [1.82, 2.24) is 5.32 Å². The van der Waals surface area contributed by atoms with Crippen LogP contribution in [0.15, 0.2) is 42.5 Å². The Hall–Kier alpha value is -2.87. The summed E-state index contributed by atoms with van der Waals surface area (Å²) in [5.74, 6) is -1.60. The number of nitrogens with one attached hydrogen (secondary N) is 1. The average Bonchev–Trinajstić information content (AvgIpc) is 2.66. The highest BCUT2D eigenvalue weighted by molar-refractivity contribution is 6.30. The van der Waals surface area contributed by atoms with Crippen molar-refractivity contribution < 1.29 is 32.6 Å². The molecular formula is C19H18ClF2NO5. The Kier molecular flexibility index (Phi) is 7.57. The van der Waals surface area contributed by atoms with Gasteiger partial charge in [0.15, 0.2) is 18.1 Å². The summed E-state index contributed by atoms with van der Waals surface area (Å²) in [6.45, 7) is -1.78. The van der Waals surface area contributed by atoms with Crippen LogP contribution in [0.1, 0.15) is 28.9 Å². The van der Waals surface area contributed by atoms with Crippen LogP contribution >= 0.6 is 11.6 Å². The summed E-state index contributed by atoms with van der Waals surface area (Å²) >= 11 is 5.92. The second-order valence-electron chi connectivity index (χ2n) is 5.66. The molecule has 0 aliphatic carbocycles. The highest BCUT2D eigenvalue weighted by atomic mass is 35.5. The van der Waals surface area contributed by atoms with Crippen molar-refractivity contribution in [3.8, 4) is 11.5 Å². The zero-order chi connectivity index (χ0) is 20.7. The van der Waals surface area contributed by atoms with Crippen molar-refractivity contribution in [3.63, 3.8) is 0 Å². The molecule has 0 fully saturated rings. The number of hydrogen-bond donors (Lipinski definition) is 1. The molecule has 0 unspecified atom stereocenters. The van der Waals surface area contributed by atoms with Crippen molar-refractivity contribution in [3.05, 3.63) is 58.6 Å². The zero-order valence-electron chi connectivity index (χ0n) is 15.1. The van der Waals surface area contributed by atoms with E-state index in [-0.39, 0.29) is 23.1 Å². The summed E-state index contributed by atoms with van der Waals surface area (Å²) in [5.41, 5.74) is 0.820. The largest absolute Gasteiger partial charge is 0.493 e. The van der Waals surface area contributed by atoms with Crippen LogP contribution in [-0.4, -0.2) is 32.2 Å². The molecule has 9 heteroatoms. The molecule has 6 nitrogen and oxygen atoms in total. The molecule has 1 N–H and O–H groups in total. The Morgan fingerprint density at radius 2 is 1.89 bits per heavy atom. The maximum Gasteiger partial charge on any atom is 0.387 e. The van der Waals surface area contributed by atoms with Crippen molar-refractivity contribution in [2.45, 2.75) is 19.6 Å². The molecule has 1 amide bonds. The molecule has 0 bridgehead atoms. The SMILES string of the molecule is COc1cc(C(=O)OCC(=O)N[C@@H](C)c2cccc(Cl)c2)ccc1OC(F)F. The molecule has 0 spiro atoms. The molecule has 150 valence electrons. The van der Waals surface area contributed by atoms with E-state index in [2.05, 4.69) is 10.1 Å². The van der Waals surface area contributed by atoms with E-state index in [0.29, 0.717) is 5.02 Å². The van der Waals surface area contributed by atoms with Crippen LogP contribution in [0.2, 0.25) is 5.02 Å². The minimum Gasteiger partial charge on any atom is -0.493 e. The molecule has 2 aromatic carbocycles. The van der Waals surface area contributed by atoms with Gasteiger partial charge in [0.25, 0.3) is 5.91 Å². The van der Waals surface area contributed by atoms with Gasteiger partial charge < -0.3 is 19.5 Å². The van der Waals surface area contributed by atoms with Gasteiger partial charge in [-0.05, 0) is 42.8 Å². The Morgan fingerprint density at radius 3 is 2.54 bits per heavy atom. The average molecular weight is 414 g/mol. The summed E-state index contributed by atoms with van der Waals surface area (Å²) in [6.07, 6.45) is 0.